The summed E-state index contributed by atoms with van der Waals surface area (Å²) in [5.41, 5.74) is 0.848. The molecule has 12 heteroatoms. The Kier molecular flexibility index (Phi) is 9.79. The van der Waals surface area contributed by atoms with E-state index in [0.717, 1.165) is 11.8 Å². The van der Waals surface area contributed by atoms with E-state index in [0.29, 0.717) is 18.7 Å². The first kappa shape index (κ1) is 29.8. The van der Waals surface area contributed by atoms with Gasteiger partial charge in [0.25, 0.3) is 0 Å². The predicted molar refractivity (Wildman–Crippen MR) is 144 cm³/mol. The van der Waals surface area contributed by atoms with E-state index in [2.05, 4.69) is 5.32 Å². The van der Waals surface area contributed by atoms with Crippen molar-refractivity contribution in [1.82, 2.24) is 15.1 Å². The molecule has 0 radical (unpaired) electrons. The van der Waals surface area contributed by atoms with Crippen molar-refractivity contribution in [2.75, 3.05) is 32.4 Å². The molecule has 1 N–H and O–H groups in total. The minimum absolute atomic E-state index is 0.0413. The third-order valence-electron chi connectivity index (χ3n) is 5.66. The molecular weight excluding hydrogens is 526 g/mol. The zero-order valence-corrected chi connectivity index (χ0v) is 23.4. The van der Waals surface area contributed by atoms with Crippen LogP contribution in [0.5, 0.6) is 5.75 Å². The predicted octanol–water partition coefficient (Wildman–Crippen LogP) is 2.94. The number of ether oxygens (including phenoxy) is 2. The molecule has 1 aliphatic heterocycles. The number of rotatable bonds is 8. The lowest BCUT2D eigenvalue weighted by Gasteiger charge is -2.37. The van der Waals surface area contributed by atoms with E-state index in [4.69, 9.17) is 13.7 Å². The van der Waals surface area contributed by atoms with Crippen LogP contribution in [0.25, 0.3) is 0 Å². The number of piperazine rings is 1. The van der Waals surface area contributed by atoms with Gasteiger partial charge < -0.3 is 28.8 Å². The Morgan fingerprint density at radius 3 is 2.05 bits per heavy atom. The van der Waals surface area contributed by atoms with E-state index in [1.807, 2.05) is 30.3 Å². The van der Waals surface area contributed by atoms with Crippen molar-refractivity contribution < 1.29 is 36.5 Å². The maximum atomic E-state index is 13.5. The molecule has 212 valence electrons. The first-order chi connectivity index (χ1) is 18.3. The number of nitrogens with zero attached hydrogens (tertiary/aromatic N) is 2. The monoisotopic (exact) mass is 561 g/mol. The number of amides is 3. The van der Waals surface area contributed by atoms with Crippen LogP contribution in [0, 0.1) is 0 Å². The summed E-state index contributed by atoms with van der Waals surface area (Å²) in [6.45, 7) is 6.55. The maximum absolute atomic E-state index is 13.5. The first-order valence-electron chi connectivity index (χ1n) is 12.5. The van der Waals surface area contributed by atoms with E-state index < -0.39 is 33.9 Å². The summed E-state index contributed by atoms with van der Waals surface area (Å²) < 4.78 is 38.4. The second-order valence-corrected chi connectivity index (χ2v) is 11.8. The Morgan fingerprint density at radius 2 is 1.49 bits per heavy atom. The summed E-state index contributed by atoms with van der Waals surface area (Å²) in [6, 6.07) is 14.4. The number of benzene rings is 2. The topological polar surface area (TPSA) is 132 Å². The van der Waals surface area contributed by atoms with Gasteiger partial charge in [0.1, 0.15) is 24.0 Å². The van der Waals surface area contributed by atoms with Gasteiger partial charge in [-0.25, -0.2) is 9.59 Å². The fourth-order valence-electron chi connectivity index (χ4n) is 3.85. The van der Waals surface area contributed by atoms with Crippen LogP contribution in [0.2, 0.25) is 0 Å². The largest absolute Gasteiger partial charge is 0.445 e. The third kappa shape index (κ3) is 10.1. The zero-order chi connectivity index (χ0) is 28.6. The van der Waals surface area contributed by atoms with Gasteiger partial charge in [0.05, 0.1) is 6.26 Å². The Hall–Kier alpha value is -3.80. The van der Waals surface area contributed by atoms with E-state index in [1.165, 1.54) is 12.1 Å². The summed E-state index contributed by atoms with van der Waals surface area (Å²) >= 11 is 0. The summed E-state index contributed by atoms with van der Waals surface area (Å²) in [6.07, 6.45) is -0.111. The van der Waals surface area contributed by atoms with E-state index in [1.54, 1.807) is 42.7 Å². The van der Waals surface area contributed by atoms with Crippen molar-refractivity contribution in [2.24, 2.45) is 0 Å². The lowest BCUT2D eigenvalue weighted by Crippen LogP contribution is -2.56. The van der Waals surface area contributed by atoms with Crippen LogP contribution < -0.4 is 9.50 Å². The second-order valence-electron chi connectivity index (χ2n) is 10.2. The summed E-state index contributed by atoms with van der Waals surface area (Å²) in [4.78, 5) is 41.6. The van der Waals surface area contributed by atoms with Gasteiger partial charge >= 0.3 is 22.3 Å². The van der Waals surface area contributed by atoms with Gasteiger partial charge in [-0.1, -0.05) is 42.5 Å². The lowest BCUT2D eigenvalue weighted by atomic mass is 10.0. The van der Waals surface area contributed by atoms with E-state index >= 15 is 0 Å². The van der Waals surface area contributed by atoms with Gasteiger partial charge in [-0.15, -0.1) is 0 Å². The van der Waals surface area contributed by atoms with Crippen LogP contribution in [-0.2, 0) is 37.4 Å². The molecule has 2 aromatic rings. The molecule has 1 saturated heterocycles. The average molecular weight is 562 g/mol. The normalized spacial score (nSPS) is 14.8. The fraction of sp³-hybridized carbons (Fsp3) is 0.444. The molecule has 11 nitrogen and oxygen atoms in total. The van der Waals surface area contributed by atoms with Crippen LogP contribution in [0.3, 0.4) is 0 Å². The van der Waals surface area contributed by atoms with Crippen molar-refractivity contribution in [1.29, 1.82) is 0 Å². The molecule has 0 aromatic heterocycles. The molecule has 1 aliphatic rings. The molecule has 3 rings (SSSR count). The lowest BCUT2D eigenvalue weighted by molar-refractivity contribution is -0.135. The Bertz CT molecular complexity index is 1240. The Balaban J connectivity index is 1.67. The highest BCUT2D eigenvalue weighted by Gasteiger charge is 2.32. The quantitative estimate of drug-likeness (QED) is 0.487. The Morgan fingerprint density at radius 1 is 0.897 bits per heavy atom. The molecule has 39 heavy (non-hydrogen) atoms. The third-order valence-corrected chi connectivity index (χ3v) is 6.15. The van der Waals surface area contributed by atoms with Crippen molar-refractivity contribution in [3.63, 3.8) is 0 Å². The summed E-state index contributed by atoms with van der Waals surface area (Å²) in [7, 11) is -3.68. The maximum Gasteiger partial charge on any atom is 0.410 e. The van der Waals surface area contributed by atoms with Gasteiger partial charge in [-0.3, -0.25) is 4.79 Å². The van der Waals surface area contributed by atoms with Crippen molar-refractivity contribution >= 4 is 28.2 Å². The van der Waals surface area contributed by atoms with Gasteiger partial charge in [0.2, 0.25) is 5.91 Å². The van der Waals surface area contributed by atoms with Crippen LogP contribution in [0.15, 0.2) is 54.6 Å². The molecule has 1 heterocycles. The number of carbonyl (C=O) groups excluding carboxylic acids is 3. The minimum atomic E-state index is -3.68. The number of hydrogen-bond donors (Lipinski definition) is 1. The molecule has 0 spiro atoms. The highest BCUT2D eigenvalue weighted by atomic mass is 32.2. The number of alkyl carbamates (subject to hydrolysis) is 1. The van der Waals surface area contributed by atoms with Crippen LogP contribution >= 0.6 is 0 Å². The van der Waals surface area contributed by atoms with Gasteiger partial charge in [0.15, 0.2) is 0 Å². The highest BCUT2D eigenvalue weighted by Crippen LogP contribution is 2.17. The SMILES string of the molecule is CC(C)(C)OC(=O)N1CCN(C(=O)[C@H](Cc2ccc(OS(C)(=O)=O)cc2)NC(=O)OCc2ccccc2)CC1. The van der Waals surface area contributed by atoms with Gasteiger partial charge in [-0.2, -0.15) is 8.42 Å². The van der Waals surface area contributed by atoms with Crippen molar-refractivity contribution in [3.05, 3.63) is 65.7 Å². The molecule has 0 unspecified atom stereocenters. The van der Waals surface area contributed by atoms with Crippen molar-refractivity contribution in [2.45, 2.75) is 45.4 Å². The molecule has 0 bridgehead atoms. The molecule has 0 aliphatic carbocycles. The number of hydrogen-bond acceptors (Lipinski definition) is 8. The Labute approximate surface area is 229 Å². The molecule has 0 saturated carbocycles. The molecule has 1 atom stereocenters. The molecule has 3 amide bonds. The molecule has 2 aromatic carbocycles. The fourth-order valence-corrected chi connectivity index (χ4v) is 4.32. The van der Waals surface area contributed by atoms with Crippen molar-refractivity contribution in [3.8, 4) is 5.75 Å². The number of nitrogens with one attached hydrogen (secondary N) is 1. The van der Waals surface area contributed by atoms with Crippen LogP contribution in [-0.4, -0.2) is 80.4 Å². The standard InChI is InChI=1S/C27H35N3O8S/c1-27(2,3)37-26(33)30-16-14-29(15-17-30)24(31)23(28-25(32)36-19-21-8-6-5-7-9-21)18-20-10-12-22(13-11-20)38-39(4,34)35/h5-13,23H,14-19H2,1-4H3,(H,28,32)/t23-/m0/s1. The summed E-state index contributed by atoms with van der Waals surface area (Å²) in [5, 5.41) is 2.67. The van der Waals surface area contributed by atoms with E-state index in [9.17, 15) is 22.8 Å². The van der Waals surface area contributed by atoms with Gasteiger partial charge in [0, 0.05) is 32.6 Å². The molecular formula is C27H35N3O8S. The summed E-state index contributed by atoms with van der Waals surface area (Å²) in [5.74, 6) is -0.190. The van der Waals surface area contributed by atoms with E-state index in [-0.39, 0.29) is 37.8 Å². The van der Waals surface area contributed by atoms with Crippen LogP contribution in [0.1, 0.15) is 31.9 Å². The van der Waals surface area contributed by atoms with Crippen LogP contribution in [0.4, 0.5) is 9.59 Å². The zero-order valence-electron chi connectivity index (χ0n) is 22.6. The highest BCUT2D eigenvalue weighted by molar-refractivity contribution is 7.86. The minimum Gasteiger partial charge on any atom is -0.445 e. The smallest absolute Gasteiger partial charge is 0.410 e. The molecule has 1 fully saturated rings. The number of carbonyl (C=O) groups is 3. The van der Waals surface area contributed by atoms with Gasteiger partial charge in [-0.05, 0) is 44.0 Å². The second kappa shape index (κ2) is 12.8. The average Bonchev–Trinajstić information content (AvgIpc) is 2.86. The first-order valence-corrected chi connectivity index (χ1v) is 14.3.